The van der Waals surface area contributed by atoms with Crippen LogP contribution < -0.4 is 20.1 Å². The highest BCUT2D eigenvalue weighted by Crippen LogP contribution is 2.31. The number of hydrogen-bond acceptors (Lipinski definition) is 4. The fourth-order valence-corrected chi connectivity index (χ4v) is 2.99. The summed E-state index contributed by atoms with van der Waals surface area (Å²) in [4.78, 5) is 0. The molecule has 1 aromatic rings. The Balaban J connectivity index is 1.63. The summed E-state index contributed by atoms with van der Waals surface area (Å²) in [5.74, 6) is 1.74. The second kappa shape index (κ2) is 5.62. The highest BCUT2D eigenvalue weighted by molar-refractivity contribution is 5.43. The topological polar surface area (TPSA) is 42.5 Å². The van der Waals surface area contributed by atoms with E-state index in [0.29, 0.717) is 24.7 Å². The van der Waals surface area contributed by atoms with Gasteiger partial charge in [0.05, 0.1) is 0 Å². The van der Waals surface area contributed by atoms with Gasteiger partial charge in [0, 0.05) is 19.1 Å². The van der Waals surface area contributed by atoms with Crippen molar-refractivity contribution in [3.05, 3.63) is 23.8 Å². The summed E-state index contributed by atoms with van der Waals surface area (Å²) >= 11 is 0. The highest BCUT2D eigenvalue weighted by atomic mass is 16.6. The zero-order valence-corrected chi connectivity index (χ0v) is 12.4. The number of nitrogens with one attached hydrogen (secondary N) is 2. The normalized spacial score (nSPS) is 24.4. The van der Waals surface area contributed by atoms with Gasteiger partial charge in [-0.25, -0.2) is 0 Å². The van der Waals surface area contributed by atoms with Crippen molar-refractivity contribution in [3.63, 3.8) is 0 Å². The van der Waals surface area contributed by atoms with Gasteiger partial charge >= 0.3 is 0 Å². The van der Waals surface area contributed by atoms with Crippen molar-refractivity contribution in [2.45, 2.75) is 32.9 Å². The smallest absolute Gasteiger partial charge is 0.161 e. The van der Waals surface area contributed by atoms with E-state index in [0.717, 1.165) is 31.1 Å². The zero-order chi connectivity index (χ0) is 14.0. The Bertz CT molecular complexity index is 474. The molecule has 0 bridgehead atoms. The fourth-order valence-electron chi connectivity index (χ4n) is 2.99. The van der Waals surface area contributed by atoms with Crippen LogP contribution >= 0.6 is 0 Å². The molecule has 0 amide bonds. The van der Waals surface area contributed by atoms with Gasteiger partial charge in [-0.2, -0.15) is 0 Å². The van der Waals surface area contributed by atoms with Crippen molar-refractivity contribution in [3.8, 4) is 11.5 Å². The predicted molar refractivity (Wildman–Crippen MR) is 79.3 cm³/mol. The Hall–Kier alpha value is -1.26. The first-order valence-corrected chi connectivity index (χ1v) is 7.48. The third-order valence-electron chi connectivity index (χ3n) is 4.29. The summed E-state index contributed by atoms with van der Waals surface area (Å²) in [6.07, 6.45) is 1.18. The highest BCUT2D eigenvalue weighted by Gasteiger charge is 2.31. The largest absolute Gasteiger partial charge is 0.486 e. The van der Waals surface area contributed by atoms with Crippen LogP contribution in [0.25, 0.3) is 0 Å². The minimum atomic E-state index is 0.298. The third-order valence-corrected chi connectivity index (χ3v) is 4.29. The van der Waals surface area contributed by atoms with Gasteiger partial charge in [-0.1, -0.05) is 19.9 Å². The van der Waals surface area contributed by atoms with E-state index in [1.165, 1.54) is 12.0 Å². The van der Waals surface area contributed by atoms with E-state index < -0.39 is 0 Å². The van der Waals surface area contributed by atoms with Crippen LogP contribution in [0.15, 0.2) is 18.2 Å². The molecule has 1 saturated heterocycles. The van der Waals surface area contributed by atoms with Gasteiger partial charge in [-0.05, 0) is 36.1 Å². The summed E-state index contributed by atoms with van der Waals surface area (Å²) in [5, 5.41) is 7.17. The Morgan fingerprint density at radius 1 is 1.25 bits per heavy atom. The molecular weight excluding hydrogens is 252 g/mol. The Morgan fingerprint density at radius 3 is 2.85 bits per heavy atom. The van der Waals surface area contributed by atoms with Crippen LogP contribution in [0.1, 0.15) is 25.8 Å². The Kier molecular flexibility index (Phi) is 3.85. The summed E-state index contributed by atoms with van der Waals surface area (Å²) < 4.78 is 11.2. The lowest BCUT2D eigenvalue weighted by molar-refractivity contribution is 0.170. The summed E-state index contributed by atoms with van der Waals surface area (Å²) in [6.45, 7) is 8.99. The van der Waals surface area contributed by atoms with Gasteiger partial charge in [0.25, 0.3) is 0 Å². The first-order chi connectivity index (χ1) is 9.65. The minimum Gasteiger partial charge on any atom is -0.486 e. The van der Waals surface area contributed by atoms with Gasteiger partial charge in [0.2, 0.25) is 0 Å². The zero-order valence-electron chi connectivity index (χ0n) is 12.4. The summed E-state index contributed by atoms with van der Waals surface area (Å²) in [7, 11) is 0. The van der Waals surface area contributed by atoms with Crippen molar-refractivity contribution in [2.24, 2.45) is 5.41 Å². The summed E-state index contributed by atoms with van der Waals surface area (Å²) in [5.41, 5.74) is 1.55. The maximum atomic E-state index is 5.63. The van der Waals surface area contributed by atoms with Gasteiger partial charge in [-0.15, -0.1) is 0 Å². The lowest BCUT2D eigenvalue weighted by atomic mass is 9.80. The van der Waals surface area contributed by atoms with Crippen molar-refractivity contribution in [1.82, 2.24) is 10.6 Å². The van der Waals surface area contributed by atoms with Gasteiger partial charge in [-0.3, -0.25) is 0 Å². The number of ether oxygens (including phenoxy) is 2. The van der Waals surface area contributed by atoms with Crippen molar-refractivity contribution >= 4 is 0 Å². The molecule has 4 heteroatoms. The maximum Gasteiger partial charge on any atom is 0.161 e. The molecule has 2 N–H and O–H groups in total. The van der Waals surface area contributed by atoms with Crippen molar-refractivity contribution in [1.29, 1.82) is 0 Å². The maximum absolute atomic E-state index is 5.63. The molecule has 1 unspecified atom stereocenters. The first-order valence-electron chi connectivity index (χ1n) is 7.48. The molecular formula is C16H24N2O2. The molecule has 1 atom stereocenters. The summed E-state index contributed by atoms with van der Waals surface area (Å²) in [6, 6.07) is 6.78. The second-order valence-electron chi connectivity index (χ2n) is 6.37. The molecule has 3 rings (SSSR count). The van der Waals surface area contributed by atoms with Gasteiger partial charge in [0.15, 0.2) is 11.5 Å². The molecule has 0 aromatic heterocycles. The van der Waals surface area contributed by atoms with Crippen LogP contribution in [0.2, 0.25) is 0 Å². The molecule has 0 saturated carbocycles. The standard InChI is InChI=1S/C16H24N2O2/c1-16(2)11-17-6-5-15(16)18-10-12-3-4-13-14(9-12)20-8-7-19-13/h3-4,9,15,17-18H,5-8,10-11H2,1-2H3. The van der Waals surface area contributed by atoms with Crippen LogP contribution in [-0.4, -0.2) is 32.3 Å². The molecule has 0 radical (unpaired) electrons. The quantitative estimate of drug-likeness (QED) is 0.885. The Morgan fingerprint density at radius 2 is 2.05 bits per heavy atom. The van der Waals surface area contributed by atoms with E-state index in [1.54, 1.807) is 0 Å². The molecule has 2 aliphatic rings. The number of hydrogen-bond donors (Lipinski definition) is 2. The molecule has 1 fully saturated rings. The number of piperidine rings is 1. The monoisotopic (exact) mass is 276 g/mol. The fraction of sp³-hybridized carbons (Fsp3) is 0.625. The van der Waals surface area contributed by atoms with Gasteiger partial charge < -0.3 is 20.1 Å². The Labute approximate surface area is 120 Å². The van der Waals surface area contributed by atoms with E-state index in [1.807, 2.05) is 6.07 Å². The predicted octanol–water partition coefficient (Wildman–Crippen LogP) is 1.94. The van der Waals surface area contributed by atoms with Crippen LogP contribution in [0.4, 0.5) is 0 Å². The van der Waals surface area contributed by atoms with E-state index in [4.69, 9.17) is 9.47 Å². The average Bonchev–Trinajstić information content (AvgIpc) is 2.45. The van der Waals surface area contributed by atoms with Crippen molar-refractivity contribution in [2.75, 3.05) is 26.3 Å². The molecule has 2 heterocycles. The van der Waals surface area contributed by atoms with Crippen LogP contribution in [-0.2, 0) is 6.54 Å². The second-order valence-corrected chi connectivity index (χ2v) is 6.37. The average molecular weight is 276 g/mol. The van der Waals surface area contributed by atoms with Crippen LogP contribution in [0.3, 0.4) is 0 Å². The molecule has 2 aliphatic heterocycles. The molecule has 20 heavy (non-hydrogen) atoms. The minimum absolute atomic E-state index is 0.298. The van der Waals surface area contributed by atoms with Crippen LogP contribution in [0, 0.1) is 5.41 Å². The molecule has 4 nitrogen and oxygen atoms in total. The van der Waals surface area contributed by atoms with E-state index >= 15 is 0 Å². The third kappa shape index (κ3) is 2.91. The molecule has 0 spiro atoms. The van der Waals surface area contributed by atoms with Gasteiger partial charge in [0.1, 0.15) is 13.2 Å². The lowest BCUT2D eigenvalue weighted by Gasteiger charge is -2.39. The first kappa shape index (κ1) is 13.7. The van der Waals surface area contributed by atoms with Crippen LogP contribution in [0.5, 0.6) is 11.5 Å². The van der Waals surface area contributed by atoms with E-state index in [2.05, 4.69) is 36.6 Å². The SMILES string of the molecule is CC1(C)CNCCC1NCc1ccc2c(c1)OCCO2. The molecule has 0 aliphatic carbocycles. The molecule has 1 aromatic carbocycles. The van der Waals surface area contributed by atoms with Crippen molar-refractivity contribution < 1.29 is 9.47 Å². The van der Waals surface area contributed by atoms with E-state index in [9.17, 15) is 0 Å². The van der Waals surface area contributed by atoms with E-state index in [-0.39, 0.29) is 0 Å². The number of benzene rings is 1. The number of fused-ring (bicyclic) bond motifs is 1. The lowest BCUT2D eigenvalue weighted by Crippen LogP contribution is -2.52. The number of rotatable bonds is 3. The molecule has 110 valence electrons.